The van der Waals surface area contributed by atoms with Crippen molar-refractivity contribution >= 4 is 16.9 Å². The molecule has 0 radical (unpaired) electrons. The molecule has 1 aromatic heterocycles. The van der Waals surface area contributed by atoms with Gasteiger partial charge in [-0.15, -0.1) is 0 Å². The van der Waals surface area contributed by atoms with Gasteiger partial charge in [0.1, 0.15) is 0 Å². The molecule has 1 heterocycles. The molecule has 1 amide bonds. The van der Waals surface area contributed by atoms with Gasteiger partial charge in [-0.25, -0.2) is 4.98 Å². The lowest BCUT2D eigenvalue weighted by Gasteiger charge is -2.13. The van der Waals surface area contributed by atoms with E-state index in [4.69, 9.17) is 0 Å². The smallest absolute Gasteiger partial charge is 0.226 e. The van der Waals surface area contributed by atoms with Gasteiger partial charge in [0, 0.05) is 12.7 Å². The van der Waals surface area contributed by atoms with Crippen molar-refractivity contribution in [2.24, 2.45) is 0 Å². The summed E-state index contributed by atoms with van der Waals surface area (Å²) in [5.41, 5.74) is 3.57. The second-order valence-corrected chi connectivity index (χ2v) is 5.64. The van der Waals surface area contributed by atoms with Crippen LogP contribution in [0, 0.1) is 0 Å². The first kappa shape index (κ1) is 15.2. The van der Waals surface area contributed by atoms with Crippen LogP contribution in [0.15, 0.2) is 60.8 Å². The Bertz CT molecular complexity index is 802. The SMILES string of the molecule is C[C@H](CNC(=O)Cc1cnc2ccccc2n1)c1ccccc1. The zero-order valence-electron chi connectivity index (χ0n) is 13.1. The van der Waals surface area contributed by atoms with E-state index < -0.39 is 0 Å². The van der Waals surface area contributed by atoms with Gasteiger partial charge < -0.3 is 5.32 Å². The van der Waals surface area contributed by atoms with Crippen LogP contribution in [-0.4, -0.2) is 22.4 Å². The van der Waals surface area contributed by atoms with Gasteiger partial charge in [0.2, 0.25) is 5.91 Å². The third kappa shape index (κ3) is 3.92. The van der Waals surface area contributed by atoms with Crippen LogP contribution >= 0.6 is 0 Å². The summed E-state index contributed by atoms with van der Waals surface area (Å²) in [5, 5.41) is 2.97. The fraction of sp³-hybridized carbons (Fsp3) is 0.211. The molecule has 3 rings (SSSR count). The van der Waals surface area contributed by atoms with Gasteiger partial charge in [-0.3, -0.25) is 9.78 Å². The summed E-state index contributed by atoms with van der Waals surface area (Å²) in [6.45, 7) is 2.72. The number of para-hydroxylation sites is 2. The van der Waals surface area contributed by atoms with Crippen molar-refractivity contribution in [3.05, 3.63) is 72.1 Å². The summed E-state index contributed by atoms with van der Waals surface area (Å²) in [6.07, 6.45) is 1.92. The molecular weight excluding hydrogens is 286 g/mol. The van der Waals surface area contributed by atoms with Crippen molar-refractivity contribution in [3.8, 4) is 0 Å². The Kier molecular flexibility index (Phi) is 4.62. The summed E-state index contributed by atoms with van der Waals surface area (Å²) in [7, 11) is 0. The van der Waals surface area contributed by atoms with Crippen molar-refractivity contribution in [1.29, 1.82) is 0 Å². The van der Waals surface area contributed by atoms with Crippen molar-refractivity contribution in [3.63, 3.8) is 0 Å². The van der Waals surface area contributed by atoms with E-state index in [1.807, 2.05) is 42.5 Å². The maximum Gasteiger partial charge on any atom is 0.226 e. The van der Waals surface area contributed by atoms with Crippen LogP contribution in [0.5, 0.6) is 0 Å². The number of aromatic nitrogens is 2. The zero-order chi connectivity index (χ0) is 16.1. The number of rotatable bonds is 5. The van der Waals surface area contributed by atoms with E-state index in [9.17, 15) is 4.79 Å². The number of carbonyl (C=O) groups excluding carboxylic acids is 1. The van der Waals surface area contributed by atoms with Crippen LogP contribution in [0.25, 0.3) is 11.0 Å². The van der Waals surface area contributed by atoms with Gasteiger partial charge in [0.05, 0.1) is 23.1 Å². The molecule has 1 N–H and O–H groups in total. The van der Waals surface area contributed by atoms with Crippen LogP contribution in [0.3, 0.4) is 0 Å². The largest absolute Gasteiger partial charge is 0.355 e. The van der Waals surface area contributed by atoms with Crippen LogP contribution in [-0.2, 0) is 11.2 Å². The average molecular weight is 305 g/mol. The third-order valence-electron chi connectivity index (χ3n) is 3.81. The first-order chi connectivity index (χ1) is 11.2. The summed E-state index contributed by atoms with van der Waals surface area (Å²) in [5.74, 6) is 0.250. The van der Waals surface area contributed by atoms with Crippen molar-refractivity contribution in [2.45, 2.75) is 19.3 Å². The molecule has 0 spiro atoms. The highest BCUT2D eigenvalue weighted by Gasteiger charge is 2.09. The van der Waals surface area contributed by atoms with Crippen molar-refractivity contribution in [1.82, 2.24) is 15.3 Å². The van der Waals surface area contributed by atoms with Gasteiger partial charge in [-0.05, 0) is 23.6 Å². The summed E-state index contributed by atoms with van der Waals surface area (Å²) in [6, 6.07) is 17.8. The topological polar surface area (TPSA) is 54.9 Å². The molecule has 2 aromatic carbocycles. The lowest BCUT2D eigenvalue weighted by Crippen LogP contribution is -2.29. The second kappa shape index (κ2) is 7.01. The molecule has 23 heavy (non-hydrogen) atoms. The number of benzene rings is 2. The Morgan fingerprint density at radius 2 is 1.74 bits per heavy atom. The van der Waals surface area contributed by atoms with Gasteiger partial charge in [0.15, 0.2) is 0 Å². The van der Waals surface area contributed by atoms with E-state index >= 15 is 0 Å². The van der Waals surface area contributed by atoms with Crippen LogP contribution in [0.4, 0.5) is 0 Å². The van der Waals surface area contributed by atoms with Gasteiger partial charge in [-0.1, -0.05) is 49.4 Å². The molecule has 4 nitrogen and oxygen atoms in total. The predicted octanol–water partition coefficient (Wildman–Crippen LogP) is 3.09. The molecule has 0 fully saturated rings. The van der Waals surface area contributed by atoms with E-state index in [2.05, 4.69) is 34.3 Å². The highest BCUT2D eigenvalue weighted by atomic mass is 16.1. The molecule has 3 aromatic rings. The molecule has 0 aliphatic carbocycles. The fourth-order valence-electron chi connectivity index (χ4n) is 2.47. The number of amides is 1. The summed E-state index contributed by atoms with van der Waals surface area (Å²) < 4.78 is 0. The first-order valence-electron chi connectivity index (χ1n) is 7.74. The Morgan fingerprint density at radius 3 is 2.52 bits per heavy atom. The Labute approximate surface area is 135 Å². The fourth-order valence-corrected chi connectivity index (χ4v) is 2.47. The lowest BCUT2D eigenvalue weighted by molar-refractivity contribution is -0.120. The molecule has 0 unspecified atom stereocenters. The minimum absolute atomic E-state index is 0.0302. The molecule has 0 saturated carbocycles. The number of fused-ring (bicyclic) bond motifs is 1. The number of nitrogens with one attached hydrogen (secondary N) is 1. The van der Waals surface area contributed by atoms with E-state index in [0.717, 1.165) is 11.0 Å². The maximum absolute atomic E-state index is 12.1. The molecule has 4 heteroatoms. The number of nitrogens with zero attached hydrogens (tertiary/aromatic N) is 2. The average Bonchev–Trinajstić information content (AvgIpc) is 2.60. The maximum atomic E-state index is 12.1. The molecule has 0 bridgehead atoms. The van der Waals surface area contributed by atoms with E-state index in [1.54, 1.807) is 6.20 Å². The number of hydrogen-bond donors (Lipinski definition) is 1. The minimum atomic E-state index is -0.0302. The second-order valence-electron chi connectivity index (χ2n) is 5.64. The quantitative estimate of drug-likeness (QED) is 0.788. The van der Waals surface area contributed by atoms with Crippen molar-refractivity contribution in [2.75, 3.05) is 6.54 Å². The molecule has 0 aliphatic rings. The van der Waals surface area contributed by atoms with Gasteiger partial charge >= 0.3 is 0 Å². The highest BCUT2D eigenvalue weighted by molar-refractivity contribution is 5.79. The Balaban J connectivity index is 1.58. The predicted molar refractivity (Wildman–Crippen MR) is 91.1 cm³/mol. The minimum Gasteiger partial charge on any atom is -0.355 e. The van der Waals surface area contributed by atoms with Crippen LogP contribution < -0.4 is 5.32 Å². The Hall–Kier alpha value is -2.75. The standard InChI is InChI=1S/C19H19N3O/c1-14(15-7-3-2-4-8-15)12-21-19(23)11-16-13-20-17-9-5-6-10-18(17)22-16/h2-10,13-14H,11-12H2,1H3,(H,21,23)/t14-/m1/s1. The molecule has 1 atom stereocenters. The molecule has 116 valence electrons. The summed E-state index contributed by atoms with van der Waals surface area (Å²) >= 11 is 0. The third-order valence-corrected chi connectivity index (χ3v) is 3.81. The molecular formula is C19H19N3O. The summed E-state index contributed by atoms with van der Waals surface area (Å²) in [4.78, 5) is 20.9. The first-order valence-corrected chi connectivity index (χ1v) is 7.74. The van der Waals surface area contributed by atoms with E-state index in [0.29, 0.717) is 12.2 Å². The normalized spacial score (nSPS) is 12.0. The Morgan fingerprint density at radius 1 is 1.04 bits per heavy atom. The monoisotopic (exact) mass is 305 g/mol. The number of carbonyl (C=O) groups is 1. The zero-order valence-corrected chi connectivity index (χ0v) is 13.1. The molecule has 0 saturated heterocycles. The van der Waals surface area contributed by atoms with Gasteiger partial charge in [0.25, 0.3) is 0 Å². The van der Waals surface area contributed by atoms with Gasteiger partial charge in [-0.2, -0.15) is 0 Å². The molecule has 0 aliphatic heterocycles. The highest BCUT2D eigenvalue weighted by Crippen LogP contribution is 2.13. The van der Waals surface area contributed by atoms with Crippen molar-refractivity contribution < 1.29 is 4.79 Å². The lowest BCUT2D eigenvalue weighted by atomic mass is 10.0. The van der Waals surface area contributed by atoms with Crippen LogP contribution in [0.1, 0.15) is 24.1 Å². The van der Waals surface area contributed by atoms with E-state index in [-0.39, 0.29) is 18.2 Å². The number of hydrogen-bond acceptors (Lipinski definition) is 3. The van der Waals surface area contributed by atoms with Crippen LogP contribution in [0.2, 0.25) is 0 Å². The van der Waals surface area contributed by atoms with E-state index in [1.165, 1.54) is 5.56 Å².